The third-order valence-corrected chi connectivity index (χ3v) is 14.9. The summed E-state index contributed by atoms with van der Waals surface area (Å²) in [5.41, 5.74) is 6.07. The summed E-state index contributed by atoms with van der Waals surface area (Å²) in [6.45, 7) is 27.8. The predicted octanol–water partition coefficient (Wildman–Crippen LogP) is 15.2. The Labute approximate surface area is 388 Å². The second-order valence-corrected chi connectivity index (χ2v) is 23.7. The lowest BCUT2D eigenvalue weighted by atomic mass is 9.79. The van der Waals surface area contributed by atoms with E-state index in [9.17, 15) is 0 Å². The van der Waals surface area contributed by atoms with Crippen molar-refractivity contribution < 1.29 is 19.2 Å². The monoisotopic (exact) mass is 882 g/mol. The molecule has 4 amide bonds. The van der Waals surface area contributed by atoms with Crippen molar-refractivity contribution in [1.82, 2.24) is 0 Å². The van der Waals surface area contributed by atoms with E-state index in [-0.39, 0.29) is 45.3 Å². The summed E-state index contributed by atoms with van der Waals surface area (Å²) in [6, 6.07) is 26.2. The molecule has 0 fully saturated rings. The first-order valence-electron chi connectivity index (χ1n) is 23.4. The molecule has 0 bridgehead atoms. The molecule has 2 aliphatic rings. The predicted molar refractivity (Wildman–Crippen MR) is 272 cm³/mol. The normalized spacial score (nSPS) is 15.0. The molecule has 334 valence electrons. The highest BCUT2D eigenvalue weighted by atomic mass is 32.2. The van der Waals surface area contributed by atoms with Crippen LogP contribution in [0.3, 0.4) is 0 Å². The van der Waals surface area contributed by atoms with E-state index in [0.717, 1.165) is 90.9 Å². The number of imide groups is 2. The van der Waals surface area contributed by atoms with Crippen LogP contribution < -0.4 is 9.80 Å². The molecule has 0 radical (unpaired) electrons. The summed E-state index contributed by atoms with van der Waals surface area (Å²) in [5, 5.41) is 6.66. The van der Waals surface area contributed by atoms with Gasteiger partial charge in [-0.3, -0.25) is 19.2 Å². The van der Waals surface area contributed by atoms with Crippen LogP contribution in [0.5, 0.6) is 0 Å². The molecular weight excluding hydrogens is 821 g/mol. The lowest BCUT2D eigenvalue weighted by Gasteiger charge is -2.35. The van der Waals surface area contributed by atoms with E-state index in [2.05, 4.69) is 114 Å². The topological polar surface area (TPSA) is 74.8 Å². The second kappa shape index (κ2) is 15.3. The SMILES string of the molecule is CCCCCCSc1cc2c3c(ccc4c5ccc6c7c(ccc(c1c34)c75)C(=O)N(c1cc(C(C)(C)C)ccc1C(C)(C)C)C6=O)C(=O)N(c1cc(C(C)(C)C)ccc1C(C)(C)C)C2=O. The third kappa shape index (κ3) is 7.06. The van der Waals surface area contributed by atoms with Crippen molar-refractivity contribution in [3.05, 3.63) is 123 Å². The molecule has 6 nitrogen and oxygen atoms in total. The number of amides is 4. The van der Waals surface area contributed by atoms with Gasteiger partial charge in [0.1, 0.15) is 0 Å². The number of benzene rings is 7. The number of hydrogen-bond acceptors (Lipinski definition) is 5. The minimum absolute atomic E-state index is 0.202. The minimum atomic E-state index is -0.343. The van der Waals surface area contributed by atoms with Crippen molar-refractivity contribution in [3.8, 4) is 0 Å². The number of anilines is 2. The fourth-order valence-corrected chi connectivity index (χ4v) is 11.4. The van der Waals surface area contributed by atoms with E-state index in [1.54, 1.807) is 11.8 Å². The zero-order valence-electron chi connectivity index (χ0n) is 40.5. The Morgan fingerprint density at radius 3 is 1.29 bits per heavy atom. The molecule has 9 rings (SSSR count). The third-order valence-electron chi connectivity index (χ3n) is 13.8. The average molecular weight is 883 g/mol. The Bertz CT molecular complexity index is 3160. The van der Waals surface area contributed by atoms with Crippen molar-refractivity contribution in [2.45, 2.75) is 142 Å². The van der Waals surface area contributed by atoms with Gasteiger partial charge in [0.2, 0.25) is 0 Å². The maximum Gasteiger partial charge on any atom is 0.266 e. The Kier molecular flexibility index (Phi) is 10.5. The van der Waals surface area contributed by atoms with E-state index in [0.29, 0.717) is 44.4 Å². The van der Waals surface area contributed by atoms with E-state index in [1.165, 1.54) is 9.80 Å². The summed E-state index contributed by atoms with van der Waals surface area (Å²) in [7, 11) is 0. The Balaban J connectivity index is 1.30. The van der Waals surface area contributed by atoms with Crippen molar-refractivity contribution in [2.75, 3.05) is 15.6 Å². The molecule has 2 heterocycles. The molecule has 0 aromatic heterocycles. The number of thioether (sulfide) groups is 1. The number of nitrogens with zero attached hydrogens (tertiary/aromatic N) is 2. The Hall–Kier alpha value is -5.53. The lowest BCUT2D eigenvalue weighted by molar-refractivity contribution is 0.0877. The average Bonchev–Trinajstić information content (AvgIpc) is 3.22. The highest BCUT2D eigenvalue weighted by Gasteiger charge is 2.41. The first-order chi connectivity index (χ1) is 30.4. The van der Waals surface area contributed by atoms with Crippen LogP contribution in [0.1, 0.15) is 179 Å². The largest absolute Gasteiger partial charge is 0.268 e. The van der Waals surface area contributed by atoms with Gasteiger partial charge in [0.15, 0.2) is 0 Å². The molecular formula is C58H62N2O4S. The van der Waals surface area contributed by atoms with Crippen LogP contribution in [0.15, 0.2) is 83.8 Å². The first kappa shape index (κ1) is 44.7. The van der Waals surface area contributed by atoms with Crippen molar-refractivity contribution in [1.29, 1.82) is 0 Å². The number of rotatable bonds is 8. The molecule has 0 saturated carbocycles. The highest BCUT2D eigenvalue weighted by Crippen LogP contribution is 2.51. The van der Waals surface area contributed by atoms with Gasteiger partial charge in [-0.2, -0.15) is 0 Å². The van der Waals surface area contributed by atoms with Gasteiger partial charge in [-0.15, -0.1) is 11.8 Å². The van der Waals surface area contributed by atoms with Crippen LogP contribution in [0.25, 0.3) is 43.1 Å². The van der Waals surface area contributed by atoms with Crippen LogP contribution in [0.2, 0.25) is 0 Å². The van der Waals surface area contributed by atoms with Crippen LogP contribution in [-0.4, -0.2) is 29.4 Å². The lowest BCUT2D eigenvalue weighted by Crippen LogP contribution is -2.42. The summed E-state index contributed by atoms with van der Waals surface area (Å²) < 4.78 is 0. The zero-order valence-corrected chi connectivity index (χ0v) is 41.3. The number of fused-ring (bicyclic) bond motifs is 2. The quantitative estimate of drug-likeness (QED) is 0.0500. The molecule has 7 aromatic carbocycles. The smallest absolute Gasteiger partial charge is 0.266 e. The van der Waals surface area contributed by atoms with Gasteiger partial charge in [-0.25, -0.2) is 9.80 Å². The summed E-state index contributed by atoms with van der Waals surface area (Å²) >= 11 is 1.75. The minimum Gasteiger partial charge on any atom is -0.268 e. The van der Waals surface area contributed by atoms with Gasteiger partial charge in [0.05, 0.1) is 16.9 Å². The first-order valence-corrected chi connectivity index (χ1v) is 24.4. The van der Waals surface area contributed by atoms with Gasteiger partial charge < -0.3 is 0 Å². The van der Waals surface area contributed by atoms with E-state index >= 15 is 19.2 Å². The highest BCUT2D eigenvalue weighted by molar-refractivity contribution is 7.99. The van der Waals surface area contributed by atoms with Gasteiger partial charge in [-0.05, 0) is 114 Å². The molecule has 0 aliphatic carbocycles. The fourth-order valence-electron chi connectivity index (χ4n) is 10.2. The summed E-state index contributed by atoms with van der Waals surface area (Å²) in [4.78, 5) is 64.3. The summed E-state index contributed by atoms with van der Waals surface area (Å²) in [6.07, 6.45) is 4.41. The molecule has 65 heavy (non-hydrogen) atoms. The van der Waals surface area contributed by atoms with E-state index in [4.69, 9.17) is 0 Å². The molecule has 2 aliphatic heterocycles. The van der Waals surface area contributed by atoms with Crippen LogP contribution in [0.4, 0.5) is 11.4 Å². The van der Waals surface area contributed by atoms with Crippen molar-refractivity contribution in [3.63, 3.8) is 0 Å². The Morgan fingerprint density at radius 2 is 0.846 bits per heavy atom. The fraction of sp³-hybridized carbons (Fsp3) is 0.379. The maximum absolute atomic E-state index is 15.3. The molecule has 0 atom stereocenters. The van der Waals surface area contributed by atoms with Crippen molar-refractivity contribution >= 4 is 89.9 Å². The second-order valence-electron chi connectivity index (χ2n) is 22.5. The standard InChI is InChI=1S/C58H62N2O4S/c1-14-15-16-17-28-65-45-31-40-48-39(53(63)60(54(40)64)44-30-33(56(5,6)7)19-27-42(44)58(11,12)13)24-21-35-34-20-23-37-47-38(25-22-36(46(34)47)49(45)50(35)48)52(62)59(51(37)61)43-29-32(55(2,3)4)18-26-41(43)57(8,9)10/h18-27,29-31H,14-17,28H2,1-13H3. The molecule has 0 spiro atoms. The van der Waals surface area contributed by atoms with E-state index in [1.807, 2.05) is 54.6 Å². The van der Waals surface area contributed by atoms with Gasteiger partial charge in [-0.1, -0.05) is 152 Å². The van der Waals surface area contributed by atoms with Gasteiger partial charge >= 0.3 is 0 Å². The molecule has 0 saturated heterocycles. The van der Waals surface area contributed by atoms with E-state index < -0.39 is 0 Å². The van der Waals surface area contributed by atoms with Crippen LogP contribution in [-0.2, 0) is 21.7 Å². The number of hydrogen-bond donors (Lipinski definition) is 0. The maximum atomic E-state index is 15.3. The molecule has 7 heteroatoms. The molecule has 0 N–H and O–H groups in total. The molecule has 0 unspecified atom stereocenters. The van der Waals surface area contributed by atoms with Crippen molar-refractivity contribution in [2.24, 2.45) is 0 Å². The number of carbonyl (C=O) groups is 4. The van der Waals surface area contributed by atoms with Gasteiger partial charge in [0, 0.05) is 43.1 Å². The Morgan fingerprint density at radius 1 is 0.415 bits per heavy atom. The van der Waals surface area contributed by atoms with Gasteiger partial charge in [0.25, 0.3) is 23.6 Å². The van der Waals surface area contributed by atoms with Crippen LogP contribution >= 0.6 is 11.8 Å². The zero-order chi connectivity index (χ0) is 46.9. The van der Waals surface area contributed by atoms with Crippen LogP contribution in [0, 0.1) is 0 Å². The summed E-state index contributed by atoms with van der Waals surface area (Å²) in [5.74, 6) is -0.492. The number of unbranched alkanes of at least 4 members (excludes halogenated alkanes) is 3. The molecule has 7 aromatic rings. The number of carbonyl (C=O) groups excluding carboxylic acids is 4.